The van der Waals surface area contributed by atoms with Crippen molar-refractivity contribution >= 4 is 21.8 Å². The van der Waals surface area contributed by atoms with Crippen LogP contribution in [0.2, 0.25) is 0 Å². The molecule has 0 aliphatic carbocycles. The second-order valence-corrected chi connectivity index (χ2v) is 4.61. The molecule has 0 radical (unpaired) electrons. The third-order valence-electron chi connectivity index (χ3n) is 2.57. The molecule has 4 heteroatoms. The third-order valence-corrected chi connectivity index (χ3v) is 3.46. The summed E-state index contributed by atoms with van der Waals surface area (Å²) in [4.78, 5) is 13.8. The van der Waals surface area contributed by atoms with E-state index in [1.165, 1.54) is 0 Å². The van der Waals surface area contributed by atoms with Crippen molar-refractivity contribution < 1.29 is 4.79 Å². The summed E-state index contributed by atoms with van der Waals surface area (Å²) in [6.07, 6.45) is 0.370. The molecule has 1 aromatic carbocycles. The lowest BCUT2D eigenvalue weighted by atomic mass is 10.1. The first-order chi connectivity index (χ1) is 8.10. The Morgan fingerprint density at radius 3 is 2.76 bits per heavy atom. The molecular formula is C13H15BrN2O. The predicted octanol–water partition coefficient (Wildman–Crippen LogP) is 3.13. The highest BCUT2D eigenvalue weighted by Crippen LogP contribution is 2.18. The number of hydrogen-bond acceptors (Lipinski definition) is 2. The lowest BCUT2D eigenvalue weighted by molar-refractivity contribution is 0.0767. The van der Waals surface area contributed by atoms with Gasteiger partial charge in [0.15, 0.2) is 0 Å². The molecule has 1 amide bonds. The van der Waals surface area contributed by atoms with Crippen LogP contribution in [-0.4, -0.2) is 23.9 Å². The minimum Gasteiger partial charge on any atom is -0.338 e. The van der Waals surface area contributed by atoms with Gasteiger partial charge in [-0.15, -0.1) is 0 Å². The summed E-state index contributed by atoms with van der Waals surface area (Å²) in [5.41, 5.74) is 1.71. The number of aryl methyl sites for hydroxylation is 1. The van der Waals surface area contributed by atoms with Crippen LogP contribution in [0.4, 0.5) is 0 Å². The highest BCUT2D eigenvalue weighted by molar-refractivity contribution is 9.10. The van der Waals surface area contributed by atoms with Crippen LogP contribution < -0.4 is 0 Å². The summed E-state index contributed by atoms with van der Waals surface area (Å²) in [6.45, 7) is 4.98. The molecule has 0 aliphatic rings. The molecule has 0 spiro atoms. The van der Waals surface area contributed by atoms with E-state index in [1.54, 1.807) is 11.0 Å². The van der Waals surface area contributed by atoms with Gasteiger partial charge in [0.05, 0.1) is 12.5 Å². The predicted molar refractivity (Wildman–Crippen MR) is 70.7 cm³/mol. The van der Waals surface area contributed by atoms with Crippen molar-refractivity contribution in [2.75, 3.05) is 13.1 Å². The zero-order valence-electron chi connectivity index (χ0n) is 10.0. The van der Waals surface area contributed by atoms with E-state index in [0.717, 1.165) is 10.0 Å². The first-order valence-corrected chi connectivity index (χ1v) is 6.31. The first-order valence-electron chi connectivity index (χ1n) is 5.52. The highest BCUT2D eigenvalue weighted by atomic mass is 79.9. The Balaban J connectivity index is 2.86. The van der Waals surface area contributed by atoms with Crippen molar-refractivity contribution in [2.24, 2.45) is 0 Å². The van der Waals surface area contributed by atoms with E-state index in [0.29, 0.717) is 25.1 Å². The van der Waals surface area contributed by atoms with Gasteiger partial charge in [0.1, 0.15) is 0 Å². The zero-order valence-corrected chi connectivity index (χ0v) is 11.6. The van der Waals surface area contributed by atoms with E-state index in [-0.39, 0.29) is 5.91 Å². The number of amides is 1. The molecule has 90 valence electrons. The molecule has 1 rings (SSSR count). The third kappa shape index (κ3) is 3.57. The number of carbonyl (C=O) groups is 1. The fraction of sp³-hybridized carbons (Fsp3) is 0.385. The Hall–Kier alpha value is -1.34. The molecule has 1 aromatic rings. The molecule has 0 fully saturated rings. The van der Waals surface area contributed by atoms with E-state index in [2.05, 4.69) is 22.0 Å². The average molecular weight is 295 g/mol. The molecule has 0 aliphatic heterocycles. The topological polar surface area (TPSA) is 44.1 Å². The summed E-state index contributed by atoms with van der Waals surface area (Å²) in [5.74, 6) is -0.0154. The summed E-state index contributed by atoms with van der Waals surface area (Å²) >= 11 is 3.41. The lowest BCUT2D eigenvalue weighted by Gasteiger charge is -2.19. The average Bonchev–Trinajstić information content (AvgIpc) is 2.33. The van der Waals surface area contributed by atoms with Crippen LogP contribution in [0.1, 0.15) is 29.3 Å². The van der Waals surface area contributed by atoms with Gasteiger partial charge in [-0.25, -0.2) is 0 Å². The Kier molecular flexibility index (Phi) is 5.17. The van der Waals surface area contributed by atoms with Gasteiger partial charge < -0.3 is 4.90 Å². The van der Waals surface area contributed by atoms with Gasteiger partial charge in [-0.2, -0.15) is 5.26 Å². The van der Waals surface area contributed by atoms with Crippen molar-refractivity contribution in [1.82, 2.24) is 4.90 Å². The Labute approximate surface area is 110 Å². The standard InChI is InChI=1S/C13H15BrN2O/c1-3-16(8-4-7-15)13(17)11-5-6-12(14)10(2)9-11/h5-6,9H,3-4,8H2,1-2H3. The maximum atomic E-state index is 12.1. The van der Waals surface area contributed by atoms with Gasteiger partial charge in [0.25, 0.3) is 5.91 Å². The molecule has 0 aromatic heterocycles. The van der Waals surface area contributed by atoms with Crippen LogP contribution in [0.25, 0.3) is 0 Å². The zero-order chi connectivity index (χ0) is 12.8. The molecular weight excluding hydrogens is 280 g/mol. The Morgan fingerprint density at radius 2 is 2.24 bits per heavy atom. The number of carbonyl (C=O) groups excluding carboxylic acids is 1. The smallest absolute Gasteiger partial charge is 0.253 e. The second kappa shape index (κ2) is 6.41. The fourth-order valence-electron chi connectivity index (χ4n) is 1.55. The van der Waals surface area contributed by atoms with Crippen molar-refractivity contribution in [1.29, 1.82) is 5.26 Å². The van der Waals surface area contributed by atoms with Gasteiger partial charge in [0.2, 0.25) is 0 Å². The second-order valence-electron chi connectivity index (χ2n) is 3.76. The molecule has 0 atom stereocenters. The van der Waals surface area contributed by atoms with Gasteiger partial charge >= 0.3 is 0 Å². The van der Waals surface area contributed by atoms with Crippen LogP contribution >= 0.6 is 15.9 Å². The van der Waals surface area contributed by atoms with Crippen molar-refractivity contribution in [2.45, 2.75) is 20.3 Å². The number of nitriles is 1. The molecule has 0 unspecified atom stereocenters. The van der Waals surface area contributed by atoms with E-state index in [1.807, 2.05) is 26.0 Å². The van der Waals surface area contributed by atoms with Gasteiger partial charge in [0, 0.05) is 23.1 Å². The molecule has 0 saturated carbocycles. The van der Waals surface area contributed by atoms with E-state index < -0.39 is 0 Å². The Morgan fingerprint density at radius 1 is 1.53 bits per heavy atom. The first kappa shape index (κ1) is 13.7. The molecule has 3 nitrogen and oxygen atoms in total. The summed E-state index contributed by atoms with van der Waals surface area (Å²) < 4.78 is 0.995. The van der Waals surface area contributed by atoms with Crippen LogP contribution in [0, 0.1) is 18.3 Å². The van der Waals surface area contributed by atoms with E-state index in [4.69, 9.17) is 5.26 Å². The maximum absolute atomic E-state index is 12.1. The molecule has 0 saturated heterocycles. The van der Waals surface area contributed by atoms with Crippen molar-refractivity contribution in [3.05, 3.63) is 33.8 Å². The molecule has 0 N–H and O–H groups in total. The monoisotopic (exact) mass is 294 g/mol. The van der Waals surface area contributed by atoms with E-state index >= 15 is 0 Å². The van der Waals surface area contributed by atoms with Crippen molar-refractivity contribution in [3.63, 3.8) is 0 Å². The largest absolute Gasteiger partial charge is 0.338 e. The summed E-state index contributed by atoms with van der Waals surface area (Å²) in [6, 6.07) is 7.60. The fourth-order valence-corrected chi connectivity index (χ4v) is 1.80. The van der Waals surface area contributed by atoms with Gasteiger partial charge in [-0.05, 0) is 37.6 Å². The number of nitrogens with zero attached hydrogens (tertiary/aromatic N) is 2. The number of rotatable bonds is 4. The normalized spacial score (nSPS) is 9.76. The maximum Gasteiger partial charge on any atom is 0.253 e. The number of hydrogen-bond donors (Lipinski definition) is 0. The quantitative estimate of drug-likeness (QED) is 0.856. The Bertz CT molecular complexity index is 451. The SMILES string of the molecule is CCN(CCC#N)C(=O)c1ccc(Br)c(C)c1. The minimum atomic E-state index is -0.0154. The van der Waals surface area contributed by atoms with Gasteiger partial charge in [-0.1, -0.05) is 15.9 Å². The number of halogens is 1. The van der Waals surface area contributed by atoms with E-state index in [9.17, 15) is 4.79 Å². The summed E-state index contributed by atoms with van der Waals surface area (Å²) in [5, 5.41) is 8.55. The van der Waals surface area contributed by atoms with Crippen molar-refractivity contribution in [3.8, 4) is 6.07 Å². The minimum absolute atomic E-state index is 0.0154. The molecule has 17 heavy (non-hydrogen) atoms. The summed E-state index contributed by atoms with van der Waals surface area (Å²) in [7, 11) is 0. The van der Waals surface area contributed by atoms with Gasteiger partial charge in [-0.3, -0.25) is 4.79 Å². The molecule has 0 bridgehead atoms. The van der Waals surface area contributed by atoms with Crippen LogP contribution in [0.5, 0.6) is 0 Å². The lowest BCUT2D eigenvalue weighted by Crippen LogP contribution is -2.31. The number of benzene rings is 1. The van der Waals surface area contributed by atoms with Crippen LogP contribution in [0.3, 0.4) is 0 Å². The van der Waals surface area contributed by atoms with Crippen LogP contribution in [-0.2, 0) is 0 Å². The highest BCUT2D eigenvalue weighted by Gasteiger charge is 2.14. The molecule has 0 heterocycles. The van der Waals surface area contributed by atoms with Crippen LogP contribution in [0.15, 0.2) is 22.7 Å².